The second kappa shape index (κ2) is 11.4. The Hall–Kier alpha value is -2.46. The molecule has 4 aromatic heterocycles. The number of aromatic amines is 1. The van der Waals surface area contributed by atoms with E-state index in [1.165, 1.54) is 28.1 Å². The first-order valence-corrected chi connectivity index (χ1v) is 18.9. The number of nitrogens with zero attached hydrogens (tertiary/aromatic N) is 7. The number of nitrogens with two attached hydrogens (primary N) is 1. The van der Waals surface area contributed by atoms with Gasteiger partial charge in [-0.3, -0.25) is 28.0 Å². The summed E-state index contributed by atoms with van der Waals surface area (Å²) in [7, 11) is 0. The topological polar surface area (TPSA) is 269 Å². The number of thiol groups is 2. The number of anilines is 1. The second-order valence-electron chi connectivity index (χ2n) is 10.6. The molecule has 24 heteroatoms. The highest BCUT2D eigenvalue weighted by molar-refractivity contribution is 8.45. The minimum Gasteiger partial charge on any atom is -0.387 e. The molecule has 3 fully saturated rings. The molecule has 4 aromatic rings. The van der Waals surface area contributed by atoms with Crippen molar-refractivity contribution in [3.8, 4) is 0 Å². The van der Waals surface area contributed by atoms with Crippen molar-refractivity contribution in [3.63, 3.8) is 0 Å². The van der Waals surface area contributed by atoms with Gasteiger partial charge in [-0.15, -0.1) is 0 Å². The van der Waals surface area contributed by atoms with E-state index in [0.29, 0.717) is 16.9 Å². The van der Waals surface area contributed by atoms with Crippen LogP contribution in [-0.4, -0.2) is 99.0 Å². The van der Waals surface area contributed by atoms with Gasteiger partial charge < -0.3 is 34.5 Å². The average Bonchev–Trinajstić information content (AvgIpc) is 3.72. The van der Waals surface area contributed by atoms with Crippen LogP contribution >= 0.6 is 37.9 Å². The van der Waals surface area contributed by atoms with E-state index in [1.807, 2.05) is 0 Å². The van der Waals surface area contributed by atoms with Gasteiger partial charge in [0.2, 0.25) is 5.95 Å². The predicted octanol–water partition coefficient (Wildman–Crippen LogP) is -0.594. The zero-order chi connectivity index (χ0) is 31.8. The number of H-pyrrole nitrogens is 1. The van der Waals surface area contributed by atoms with Crippen LogP contribution in [0.25, 0.3) is 22.3 Å². The van der Waals surface area contributed by atoms with E-state index in [0.717, 1.165) is 0 Å². The van der Waals surface area contributed by atoms with Crippen LogP contribution in [0.1, 0.15) is 18.1 Å². The number of aliphatic hydroxyl groups excluding tert-OH is 2. The lowest BCUT2D eigenvalue weighted by molar-refractivity contribution is -0.0464. The Morgan fingerprint density at radius 1 is 0.889 bits per heavy atom. The number of hydrogen-bond donors (Lipinski definition) is 8. The Labute approximate surface area is 262 Å². The largest absolute Gasteiger partial charge is 0.387 e. The highest BCUT2D eigenvalue weighted by Gasteiger charge is 2.51. The van der Waals surface area contributed by atoms with Gasteiger partial charge in [0.05, 0.1) is 43.6 Å². The van der Waals surface area contributed by atoms with Crippen molar-refractivity contribution in [2.45, 2.75) is 55.9 Å². The number of rotatable bonds is 2. The molecule has 3 aliphatic heterocycles. The summed E-state index contributed by atoms with van der Waals surface area (Å²) in [4.78, 5) is 35.4. The standard InChI is InChI=1S/C21H27N11O9P2S2/c1-7-10-16(24-4-23-7)31(5-25-10)19-14(33)11-8(40-19)2-38-43(37,45)30-12-9(3-39-42(36,44)29-11)41-20(15(12)34)32-6-26-13-17(32)27-21(22)28-18(13)35/h4-6,8-9,11-12,14-15,19-20,33-34H,2-3H2,1H3,(H2,29,36,44)(H2,30,37,45)(H3,22,27,28,35)/t8-,9-,11-,12-,14-,15-,19-,20-,42-,43+/m1/s1. The van der Waals surface area contributed by atoms with Gasteiger partial charge >= 0.3 is 13.4 Å². The highest BCUT2D eigenvalue weighted by Crippen LogP contribution is 2.54. The van der Waals surface area contributed by atoms with Gasteiger partial charge in [-0.2, -0.15) is 4.98 Å². The second-order valence-corrected chi connectivity index (χ2v) is 16.9. The van der Waals surface area contributed by atoms with Gasteiger partial charge in [0.1, 0.15) is 36.3 Å². The van der Waals surface area contributed by atoms with E-state index in [1.54, 1.807) is 6.92 Å². The van der Waals surface area contributed by atoms with Crippen LogP contribution in [0.5, 0.6) is 0 Å². The lowest BCUT2D eigenvalue weighted by atomic mass is 10.1. The number of fused-ring (bicyclic) bond motifs is 4. The fraction of sp³-hybridized carbons (Fsp3) is 0.524. The average molecular weight is 704 g/mol. The van der Waals surface area contributed by atoms with Crippen molar-refractivity contribution >= 4 is 66.2 Å². The molecule has 3 aliphatic rings. The number of nitrogen functional groups attached to an aromatic ring is 1. The number of nitrogens with one attached hydrogen (secondary N) is 3. The maximum Gasteiger partial charge on any atom is 0.324 e. The lowest BCUT2D eigenvalue weighted by Gasteiger charge is -2.30. The minimum atomic E-state index is -4.02. The Morgan fingerprint density at radius 3 is 2.00 bits per heavy atom. The smallest absolute Gasteiger partial charge is 0.324 e. The predicted molar refractivity (Wildman–Crippen MR) is 161 cm³/mol. The van der Waals surface area contributed by atoms with E-state index in [-0.39, 0.29) is 17.1 Å². The third-order valence-corrected chi connectivity index (χ3v) is 11.4. The molecule has 10 atom stereocenters. The molecule has 7 rings (SSSR count). The number of aryl methyl sites for hydroxylation is 1. The number of imidazole rings is 2. The van der Waals surface area contributed by atoms with Crippen LogP contribution in [0, 0.1) is 6.92 Å². The molecular weight excluding hydrogens is 676 g/mol. The summed E-state index contributed by atoms with van der Waals surface area (Å²) >= 11 is 8.41. The number of aliphatic hydroxyl groups is 2. The minimum absolute atomic E-state index is 0.0196. The molecule has 242 valence electrons. The Morgan fingerprint density at radius 2 is 1.42 bits per heavy atom. The summed E-state index contributed by atoms with van der Waals surface area (Å²) in [5.41, 5.74) is 6.55. The van der Waals surface area contributed by atoms with Crippen LogP contribution in [0.15, 0.2) is 23.8 Å². The molecule has 0 spiro atoms. The molecule has 0 unspecified atom stereocenters. The van der Waals surface area contributed by atoms with Crippen molar-refractivity contribution in [2.75, 3.05) is 18.9 Å². The fourth-order valence-electron chi connectivity index (χ4n) is 5.63. The van der Waals surface area contributed by atoms with Crippen molar-refractivity contribution in [2.24, 2.45) is 0 Å². The molecule has 3 saturated heterocycles. The third-order valence-electron chi connectivity index (χ3n) is 7.74. The third kappa shape index (κ3) is 5.62. The molecular formula is C21H27N11O9P2S2. The summed E-state index contributed by atoms with van der Waals surface area (Å²) in [6.07, 6.45) is -3.28. The Bertz CT molecular complexity index is 1940. The van der Waals surface area contributed by atoms with Crippen molar-refractivity contribution in [1.29, 1.82) is 0 Å². The molecule has 7 N–H and O–H groups in total. The maximum absolute atomic E-state index is 13.6. The summed E-state index contributed by atoms with van der Waals surface area (Å²) in [5.74, 6) is -0.188. The van der Waals surface area contributed by atoms with Crippen LogP contribution in [0.2, 0.25) is 0 Å². The lowest BCUT2D eigenvalue weighted by Crippen LogP contribution is -2.47. The number of aromatic nitrogens is 8. The van der Waals surface area contributed by atoms with Crippen LogP contribution < -0.4 is 21.5 Å². The summed E-state index contributed by atoms with van der Waals surface area (Å²) in [5, 5.41) is 28.1. The van der Waals surface area contributed by atoms with Gasteiger partial charge in [0.25, 0.3) is 5.56 Å². The van der Waals surface area contributed by atoms with Crippen molar-refractivity contribution in [3.05, 3.63) is 35.0 Å². The Balaban J connectivity index is 1.17. The van der Waals surface area contributed by atoms with E-state index < -0.39 is 81.2 Å². The normalized spacial score (nSPS) is 37.7. The molecule has 0 aromatic carbocycles. The maximum atomic E-state index is 13.6. The summed E-state index contributed by atoms with van der Waals surface area (Å²) in [6, 6.07) is -2.26. The zero-order valence-corrected chi connectivity index (χ0v) is 26.6. The monoisotopic (exact) mass is 703 g/mol. The molecule has 0 radical (unpaired) electrons. The van der Waals surface area contributed by atoms with Crippen LogP contribution in [0.4, 0.5) is 5.95 Å². The molecule has 0 saturated carbocycles. The number of ether oxygens (including phenoxy) is 2. The first-order chi connectivity index (χ1) is 21.3. The molecule has 7 heterocycles. The summed E-state index contributed by atoms with van der Waals surface area (Å²) < 4.78 is 53.3. The van der Waals surface area contributed by atoms with Gasteiger partial charge in [0.15, 0.2) is 29.3 Å². The first kappa shape index (κ1) is 31.2. The molecule has 0 bridgehead atoms. The van der Waals surface area contributed by atoms with Crippen LogP contribution in [0.3, 0.4) is 0 Å². The van der Waals surface area contributed by atoms with Gasteiger partial charge in [-0.05, 0) is 6.92 Å². The van der Waals surface area contributed by atoms with Crippen molar-refractivity contribution in [1.82, 2.24) is 49.2 Å². The van der Waals surface area contributed by atoms with Crippen LogP contribution in [-0.2, 0) is 27.7 Å². The van der Waals surface area contributed by atoms with Gasteiger partial charge in [0, 0.05) is 0 Å². The molecule has 0 amide bonds. The molecule has 45 heavy (non-hydrogen) atoms. The first-order valence-electron chi connectivity index (χ1n) is 13.4. The fourth-order valence-corrected chi connectivity index (χ4v) is 9.07. The number of hydrogen-bond acceptors (Lipinski definition) is 15. The van der Waals surface area contributed by atoms with E-state index in [4.69, 9.17) is 24.3 Å². The SMILES string of the molecule is Cc1ncnc2c1ncn2[C@@H]1O[C@@H]2CO[P@](=O)(S)N[C@H]3[C@@H](O)[C@H](n4cnc5c(=O)[nH]c(N)nc54)O[C@@H]3CO[P@@](=O)(S)N[C@H]2[C@H]1O. The van der Waals surface area contributed by atoms with E-state index in [9.17, 15) is 24.1 Å². The van der Waals surface area contributed by atoms with Gasteiger partial charge in [-0.25, -0.2) is 30.1 Å². The Kier molecular flexibility index (Phi) is 7.86. The molecule has 20 nitrogen and oxygen atoms in total. The van der Waals surface area contributed by atoms with Crippen molar-refractivity contribution < 1.29 is 37.9 Å². The van der Waals surface area contributed by atoms with E-state index in [2.05, 4.69) is 64.6 Å². The highest BCUT2D eigenvalue weighted by atomic mass is 32.7. The summed E-state index contributed by atoms with van der Waals surface area (Å²) in [6.45, 7) is -7.14. The quantitative estimate of drug-likeness (QED) is 0.0957. The zero-order valence-electron chi connectivity index (χ0n) is 23.0. The van der Waals surface area contributed by atoms with E-state index >= 15 is 0 Å². The van der Waals surface area contributed by atoms with Gasteiger partial charge in [-0.1, -0.05) is 24.5 Å². The molecule has 0 aliphatic carbocycles.